The second-order valence-electron chi connectivity index (χ2n) is 2.65. The Morgan fingerprint density at radius 2 is 1.79 bits per heavy atom. The van der Waals surface area contributed by atoms with Crippen molar-refractivity contribution in [3.8, 4) is 0 Å². The number of carbonyl (C=O) groups excluding carboxylic acids is 2. The van der Waals surface area contributed by atoms with E-state index in [1.165, 1.54) is 7.11 Å². The van der Waals surface area contributed by atoms with E-state index in [0.29, 0.717) is 0 Å². The minimum Gasteiger partial charge on any atom is -0.469 e. The number of aliphatic hydroxyl groups is 2. The molecule has 82 valence electrons. The first-order valence-corrected chi connectivity index (χ1v) is 4.03. The van der Waals surface area contributed by atoms with E-state index in [4.69, 9.17) is 5.11 Å². The van der Waals surface area contributed by atoms with E-state index in [0.717, 1.165) is 7.11 Å². The second-order valence-corrected chi connectivity index (χ2v) is 2.65. The highest BCUT2D eigenvalue weighted by Crippen LogP contribution is 2.04. The number of ether oxygens (including phenoxy) is 2. The van der Waals surface area contributed by atoms with E-state index in [-0.39, 0.29) is 12.8 Å². The van der Waals surface area contributed by atoms with Gasteiger partial charge in [-0.25, -0.2) is 4.79 Å². The molecule has 0 amide bonds. The van der Waals surface area contributed by atoms with E-state index in [2.05, 4.69) is 9.47 Å². The Kier molecular flexibility index (Phi) is 5.82. The lowest BCUT2D eigenvalue weighted by atomic mass is 10.1. The summed E-state index contributed by atoms with van der Waals surface area (Å²) in [5, 5.41) is 18.3. The predicted molar refractivity (Wildman–Crippen MR) is 45.3 cm³/mol. The molecule has 0 fully saturated rings. The van der Waals surface area contributed by atoms with Crippen LogP contribution in [0, 0.1) is 0 Å². The van der Waals surface area contributed by atoms with Crippen molar-refractivity contribution in [3.63, 3.8) is 0 Å². The second kappa shape index (κ2) is 6.33. The molecule has 1 unspecified atom stereocenters. The summed E-state index contributed by atoms with van der Waals surface area (Å²) in [4.78, 5) is 21.4. The molecule has 0 aromatic heterocycles. The van der Waals surface area contributed by atoms with Crippen molar-refractivity contribution in [3.05, 3.63) is 0 Å². The zero-order valence-corrected chi connectivity index (χ0v) is 8.10. The molecule has 0 aromatic rings. The first-order chi connectivity index (χ1) is 6.52. The molecule has 2 atom stereocenters. The number of rotatable bonds is 5. The summed E-state index contributed by atoms with van der Waals surface area (Å²) in [6.07, 6.45) is -3.06. The maximum atomic E-state index is 10.7. The minimum absolute atomic E-state index is 0.0526. The van der Waals surface area contributed by atoms with Gasteiger partial charge in [-0.3, -0.25) is 4.79 Å². The van der Waals surface area contributed by atoms with Gasteiger partial charge in [0.25, 0.3) is 0 Å². The highest BCUT2D eigenvalue weighted by molar-refractivity contribution is 5.75. The summed E-state index contributed by atoms with van der Waals surface area (Å²) in [5.41, 5.74) is 0. The van der Waals surface area contributed by atoms with Gasteiger partial charge in [-0.05, 0) is 6.42 Å². The standard InChI is InChI=1S/C8H14O6/c1-13-6(10)4-3-5(9)7(11)8(12)14-2/h5,7,9,11H,3-4H2,1-2H3/t5-,7?/m1/s1. The fourth-order valence-electron chi connectivity index (χ4n) is 0.803. The maximum Gasteiger partial charge on any atom is 0.337 e. The molecule has 0 aliphatic rings. The number of methoxy groups -OCH3 is 2. The van der Waals surface area contributed by atoms with Gasteiger partial charge in [0, 0.05) is 6.42 Å². The van der Waals surface area contributed by atoms with Gasteiger partial charge >= 0.3 is 11.9 Å². The first kappa shape index (κ1) is 12.9. The molecule has 0 saturated heterocycles. The van der Waals surface area contributed by atoms with Crippen molar-refractivity contribution >= 4 is 11.9 Å². The third-order valence-electron chi connectivity index (χ3n) is 1.68. The quantitative estimate of drug-likeness (QED) is 0.551. The Morgan fingerprint density at radius 3 is 2.21 bits per heavy atom. The minimum atomic E-state index is -1.62. The summed E-state index contributed by atoms with van der Waals surface area (Å²) < 4.78 is 8.52. The summed E-state index contributed by atoms with van der Waals surface area (Å²) >= 11 is 0. The molecule has 0 aromatic carbocycles. The summed E-state index contributed by atoms with van der Waals surface area (Å²) in [5.74, 6) is -1.44. The number of aliphatic hydroxyl groups excluding tert-OH is 2. The van der Waals surface area contributed by atoms with Crippen LogP contribution >= 0.6 is 0 Å². The summed E-state index contributed by atoms with van der Waals surface area (Å²) in [7, 11) is 2.31. The van der Waals surface area contributed by atoms with Crippen molar-refractivity contribution in [1.29, 1.82) is 0 Å². The van der Waals surface area contributed by atoms with Crippen LogP contribution in [0.2, 0.25) is 0 Å². The zero-order valence-electron chi connectivity index (χ0n) is 8.10. The Labute approximate surface area is 81.4 Å². The SMILES string of the molecule is COC(=O)CC[C@@H](O)C(O)C(=O)OC. The van der Waals surface area contributed by atoms with Crippen LogP contribution in [-0.2, 0) is 19.1 Å². The molecule has 0 aliphatic heterocycles. The fourth-order valence-corrected chi connectivity index (χ4v) is 0.803. The van der Waals surface area contributed by atoms with E-state index in [1.807, 2.05) is 0 Å². The van der Waals surface area contributed by atoms with Gasteiger partial charge in [-0.2, -0.15) is 0 Å². The van der Waals surface area contributed by atoms with E-state index in [9.17, 15) is 14.7 Å². The van der Waals surface area contributed by atoms with Crippen LogP contribution < -0.4 is 0 Å². The largest absolute Gasteiger partial charge is 0.469 e. The number of esters is 2. The summed E-state index contributed by atoms with van der Waals surface area (Å²) in [6.45, 7) is 0. The average molecular weight is 206 g/mol. The molecule has 0 aliphatic carbocycles. The maximum absolute atomic E-state index is 10.7. The normalized spacial score (nSPS) is 14.3. The molecular weight excluding hydrogens is 192 g/mol. The molecule has 6 nitrogen and oxygen atoms in total. The van der Waals surface area contributed by atoms with E-state index in [1.54, 1.807) is 0 Å². The van der Waals surface area contributed by atoms with Crippen LogP contribution in [0.4, 0.5) is 0 Å². The van der Waals surface area contributed by atoms with E-state index >= 15 is 0 Å². The molecule has 0 bridgehead atoms. The van der Waals surface area contributed by atoms with Crippen molar-refractivity contribution < 1.29 is 29.3 Å². The topological polar surface area (TPSA) is 93.1 Å². The van der Waals surface area contributed by atoms with Crippen LogP contribution in [-0.4, -0.2) is 48.6 Å². The van der Waals surface area contributed by atoms with Gasteiger partial charge in [-0.1, -0.05) is 0 Å². The van der Waals surface area contributed by atoms with Crippen molar-refractivity contribution in [2.75, 3.05) is 14.2 Å². The molecule has 0 spiro atoms. The molecule has 0 saturated carbocycles. The average Bonchev–Trinajstić information content (AvgIpc) is 2.22. The lowest BCUT2D eigenvalue weighted by Crippen LogP contribution is -2.35. The molecule has 0 heterocycles. The summed E-state index contributed by atoms with van der Waals surface area (Å²) in [6, 6.07) is 0. The molecule has 0 rings (SSSR count). The highest BCUT2D eigenvalue weighted by Gasteiger charge is 2.25. The van der Waals surface area contributed by atoms with Gasteiger partial charge < -0.3 is 19.7 Å². The lowest BCUT2D eigenvalue weighted by molar-refractivity contribution is -0.157. The van der Waals surface area contributed by atoms with Crippen molar-refractivity contribution in [2.45, 2.75) is 25.0 Å². The third-order valence-corrected chi connectivity index (χ3v) is 1.68. The van der Waals surface area contributed by atoms with Gasteiger partial charge in [0.05, 0.1) is 20.3 Å². The fraction of sp³-hybridized carbons (Fsp3) is 0.750. The van der Waals surface area contributed by atoms with Crippen LogP contribution in [0.15, 0.2) is 0 Å². The molecule has 14 heavy (non-hydrogen) atoms. The van der Waals surface area contributed by atoms with Gasteiger partial charge in [0.15, 0.2) is 6.10 Å². The molecule has 0 radical (unpaired) electrons. The van der Waals surface area contributed by atoms with Gasteiger partial charge in [0.1, 0.15) is 0 Å². The Bertz CT molecular complexity index is 202. The number of hydrogen-bond donors (Lipinski definition) is 2. The molecule has 6 heteroatoms. The molecular formula is C8H14O6. The van der Waals surface area contributed by atoms with Crippen molar-refractivity contribution in [2.24, 2.45) is 0 Å². The Balaban J connectivity index is 3.89. The monoisotopic (exact) mass is 206 g/mol. The predicted octanol–water partition coefficient (Wildman–Crippen LogP) is -1.17. The smallest absolute Gasteiger partial charge is 0.337 e. The highest BCUT2D eigenvalue weighted by atomic mass is 16.5. The van der Waals surface area contributed by atoms with E-state index < -0.39 is 24.1 Å². The number of carbonyl (C=O) groups is 2. The van der Waals surface area contributed by atoms with Crippen LogP contribution in [0.1, 0.15) is 12.8 Å². The zero-order chi connectivity index (χ0) is 11.1. The molecule has 2 N–H and O–H groups in total. The van der Waals surface area contributed by atoms with Crippen LogP contribution in [0.25, 0.3) is 0 Å². The Morgan fingerprint density at radius 1 is 1.21 bits per heavy atom. The van der Waals surface area contributed by atoms with Crippen molar-refractivity contribution in [1.82, 2.24) is 0 Å². The lowest BCUT2D eigenvalue weighted by Gasteiger charge is -2.14. The Hall–Kier alpha value is -1.14. The van der Waals surface area contributed by atoms with Gasteiger partial charge in [-0.15, -0.1) is 0 Å². The number of hydrogen-bond acceptors (Lipinski definition) is 6. The van der Waals surface area contributed by atoms with Crippen LogP contribution in [0.3, 0.4) is 0 Å². The van der Waals surface area contributed by atoms with Gasteiger partial charge in [0.2, 0.25) is 0 Å². The van der Waals surface area contributed by atoms with Crippen LogP contribution in [0.5, 0.6) is 0 Å². The third kappa shape index (κ3) is 4.20. The first-order valence-electron chi connectivity index (χ1n) is 4.03.